The maximum absolute atomic E-state index is 12.8. The molecule has 1 aliphatic heterocycles. The summed E-state index contributed by atoms with van der Waals surface area (Å²) in [7, 11) is 1.85. The summed E-state index contributed by atoms with van der Waals surface area (Å²) < 4.78 is 1.86. The minimum absolute atomic E-state index is 0.0430. The van der Waals surface area contributed by atoms with Gasteiger partial charge in [-0.25, -0.2) is 15.0 Å². The quantitative estimate of drug-likeness (QED) is 0.713. The van der Waals surface area contributed by atoms with E-state index in [2.05, 4.69) is 19.9 Å². The second kappa shape index (κ2) is 7.57. The largest absolute Gasteiger partial charge is 0.356 e. The summed E-state index contributed by atoms with van der Waals surface area (Å²) in [5.74, 6) is 1.90. The SMILES string of the molecule is CN(C(=O)C1CCN(c2cc(-n3ccnc3)ncn2)CC1)c1ccccc1. The van der Waals surface area contributed by atoms with Crippen LogP contribution < -0.4 is 9.80 Å². The minimum Gasteiger partial charge on any atom is -0.356 e. The second-order valence-electron chi connectivity index (χ2n) is 6.70. The third kappa shape index (κ3) is 3.67. The van der Waals surface area contributed by atoms with Crippen molar-refractivity contribution in [3.63, 3.8) is 0 Å². The highest BCUT2D eigenvalue weighted by molar-refractivity contribution is 5.94. The molecule has 7 nitrogen and oxygen atoms in total. The van der Waals surface area contributed by atoms with E-state index in [4.69, 9.17) is 0 Å². The first-order valence-electron chi connectivity index (χ1n) is 9.10. The number of amides is 1. The van der Waals surface area contributed by atoms with E-state index in [1.165, 1.54) is 0 Å². The van der Waals surface area contributed by atoms with Crippen molar-refractivity contribution in [2.24, 2.45) is 5.92 Å². The number of hydrogen-bond acceptors (Lipinski definition) is 5. The van der Waals surface area contributed by atoms with E-state index in [0.717, 1.165) is 43.3 Å². The standard InChI is InChI=1S/C20H22N6O/c1-24(17-5-3-2-4-6-17)20(27)16-7-10-25(11-8-16)18-13-19(23-14-22-18)26-12-9-21-15-26/h2-6,9,12-16H,7-8,10-11H2,1H3. The number of carbonyl (C=O) groups excluding carboxylic acids is 1. The van der Waals surface area contributed by atoms with Gasteiger partial charge in [-0.15, -0.1) is 0 Å². The van der Waals surface area contributed by atoms with Gasteiger partial charge < -0.3 is 9.80 Å². The number of piperidine rings is 1. The van der Waals surface area contributed by atoms with E-state index < -0.39 is 0 Å². The zero-order valence-corrected chi connectivity index (χ0v) is 15.3. The van der Waals surface area contributed by atoms with Crippen molar-refractivity contribution in [1.82, 2.24) is 19.5 Å². The predicted molar refractivity (Wildman–Crippen MR) is 104 cm³/mol. The molecule has 0 aliphatic carbocycles. The lowest BCUT2D eigenvalue weighted by Crippen LogP contribution is -2.41. The van der Waals surface area contributed by atoms with Crippen molar-refractivity contribution < 1.29 is 4.79 Å². The Hall–Kier alpha value is -3.22. The van der Waals surface area contributed by atoms with Crippen molar-refractivity contribution in [2.75, 3.05) is 29.9 Å². The molecule has 1 fully saturated rings. The molecule has 0 saturated carbocycles. The van der Waals surface area contributed by atoms with Crippen molar-refractivity contribution in [1.29, 1.82) is 0 Å². The topological polar surface area (TPSA) is 67.2 Å². The van der Waals surface area contributed by atoms with Crippen LogP contribution in [0.4, 0.5) is 11.5 Å². The number of nitrogens with zero attached hydrogens (tertiary/aromatic N) is 6. The number of imidazole rings is 1. The van der Waals surface area contributed by atoms with Crippen LogP contribution >= 0.6 is 0 Å². The third-order valence-corrected chi connectivity index (χ3v) is 5.05. The van der Waals surface area contributed by atoms with Crippen molar-refractivity contribution in [2.45, 2.75) is 12.8 Å². The summed E-state index contributed by atoms with van der Waals surface area (Å²) in [6.07, 6.45) is 8.51. The highest BCUT2D eigenvalue weighted by atomic mass is 16.2. The van der Waals surface area contributed by atoms with E-state index >= 15 is 0 Å². The number of benzene rings is 1. The van der Waals surface area contributed by atoms with E-state index in [9.17, 15) is 4.79 Å². The number of carbonyl (C=O) groups is 1. The number of hydrogen-bond donors (Lipinski definition) is 0. The Morgan fingerprint density at radius 3 is 2.56 bits per heavy atom. The fourth-order valence-electron chi connectivity index (χ4n) is 3.45. The van der Waals surface area contributed by atoms with Crippen LogP contribution in [0.5, 0.6) is 0 Å². The second-order valence-corrected chi connectivity index (χ2v) is 6.70. The molecule has 0 atom stereocenters. The first kappa shape index (κ1) is 17.2. The number of rotatable bonds is 4. The van der Waals surface area contributed by atoms with Gasteiger partial charge in [0.15, 0.2) is 0 Å². The molecular formula is C20H22N6O. The zero-order valence-electron chi connectivity index (χ0n) is 15.3. The summed E-state index contributed by atoms with van der Waals surface area (Å²) >= 11 is 0. The van der Waals surface area contributed by atoms with E-state index in [-0.39, 0.29) is 11.8 Å². The van der Waals surface area contributed by atoms with Gasteiger partial charge in [-0.3, -0.25) is 9.36 Å². The lowest BCUT2D eigenvalue weighted by atomic mass is 9.95. The zero-order chi connectivity index (χ0) is 18.6. The van der Waals surface area contributed by atoms with Gasteiger partial charge >= 0.3 is 0 Å². The molecule has 0 unspecified atom stereocenters. The summed E-state index contributed by atoms with van der Waals surface area (Å²) in [6.45, 7) is 1.61. The summed E-state index contributed by atoms with van der Waals surface area (Å²) in [5, 5.41) is 0. The minimum atomic E-state index is 0.0430. The van der Waals surface area contributed by atoms with E-state index in [0.29, 0.717) is 0 Å². The highest BCUT2D eigenvalue weighted by Gasteiger charge is 2.28. The first-order valence-corrected chi connectivity index (χ1v) is 9.10. The third-order valence-electron chi connectivity index (χ3n) is 5.05. The van der Waals surface area contributed by atoms with Crippen LogP contribution in [-0.2, 0) is 4.79 Å². The average molecular weight is 362 g/mol. The molecule has 1 aliphatic rings. The van der Waals surface area contributed by atoms with Gasteiger partial charge in [-0.2, -0.15) is 0 Å². The van der Waals surface area contributed by atoms with Crippen molar-refractivity contribution >= 4 is 17.4 Å². The summed E-state index contributed by atoms with van der Waals surface area (Å²) in [4.78, 5) is 29.6. The Morgan fingerprint density at radius 2 is 1.85 bits per heavy atom. The molecule has 3 aromatic rings. The lowest BCUT2D eigenvalue weighted by Gasteiger charge is -2.34. The molecule has 4 rings (SSSR count). The van der Waals surface area contributed by atoms with Gasteiger partial charge in [0.2, 0.25) is 5.91 Å². The van der Waals surface area contributed by atoms with Gasteiger partial charge in [0.25, 0.3) is 0 Å². The maximum Gasteiger partial charge on any atom is 0.229 e. The van der Waals surface area contributed by atoms with Crippen LogP contribution in [0.2, 0.25) is 0 Å². The Morgan fingerprint density at radius 1 is 1.11 bits per heavy atom. The molecule has 1 aromatic carbocycles. The smallest absolute Gasteiger partial charge is 0.229 e. The molecule has 2 aromatic heterocycles. The number of aromatic nitrogens is 4. The molecule has 7 heteroatoms. The number of para-hydroxylation sites is 1. The summed E-state index contributed by atoms with van der Waals surface area (Å²) in [6, 6.07) is 11.8. The Labute approximate surface area is 158 Å². The van der Waals surface area contributed by atoms with Crippen LogP contribution in [0, 0.1) is 5.92 Å². The van der Waals surface area contributed by atoms with Gasteiger partial charge in [0.05, 0.1) is 0 Å². The van der Waals surface area contributed by atoms with Crippen molar-refractivity contribution in [3.8, 4) is 5.82 Å². The molecule has 27 heavy (non-hydrogen) atoms. The highest BCUT2D eigenvalue weighted by Crippen LogP contribution is 2.25. The van der Waals surface area contributed by atoms with E-state index in [1.807, 2.05) is 54.2 Å². The molecule has 0 radical (unpaired) electrons. The fourth-order valence-corrected chi connectivity index (χ4v) is 3.45. The first-order chi connectivity index (χ1) is 13.2. The van der Waals surface area contributed by atoms with Crippen LogP contribution in [-0.4, -0.2) is 45.6 Å². The average Bonchev–Trinajstić information content (AvgIpc) is 3.29. The molecule has 0 bridgehead atoms. The molecule has 1 saturated heterocycles. The van der Waals surface area contributed by atoms with Gasteiger partial charge in [0.1, 0.15) is 24.3 Å². The predicted octanol–water partition coefficient (Wildman–Crippen LogP) is 2.54. The summed E-state index contributed by atoms with van der Waals surface area (Å²) in [5.41, 5.74) is 0.936. The van der Waals surface area contributed by atoms with Crippen LogP contribution in [0.25, 0.3) is 5.82 Å². The maximum atomic E-state index is 12.8. The van der Waals surface area contributed by atoms with Gasteiger partial charge in [0, 0.05) is 50.2 Å². The van der Waals surface area contributed by atoms with Gasteiger partial charge in [-0.05, 0) is 25.0 Å². The molecule has 3 heterocycles. The molecule has 0 spiro atoms. The lowest BCUT2D eigenvalue weighted by molar-refractivity contribution is -0.122. The normalized spacial score (nSPS) is 14.9. The Kier molecular flexibility index (Phi) is 4.82. The Balaban J connectivity index is 1.40. The molecular weight excluding hydrogens is 340 g/mol. The van der Waals surface area contributed by atoms with Gasteiger partial charge in [-0.1, -0.05) is 18.2 Å². The van der Waals surface area contributed by atoms with Crippen molar-refractivity contribution in [3.05, 3.63) is 61.4 Å². The van der Waals surface area contributed by atoms with E-state index in [1.54, 1.807) is 23.8 Å². The molecule has 138 valence electrons. The van der Waals surface area contributed by atoms with Crippen LogP contribution in [0.3, 0.4) is 0 Å². The Bertz CT molecular complexity index is 888. The molecule has 1 amide bonds. The monoisotopic (exact) mass is 362 g/mol. The molecule has 0 N–H and O–H groups in total. The van der Waals surface area contributed by atoms with Crippen LogP contribution in [0.1, 0.15) is 12.8 Å². The van der Waals surface area contributed by atoms with Crippen LogP contribution in [0.15, 0.2) is 61.4 Å². The fraction of sp³-hybridized carbons (Fsp3) is 0.300. The number of anilines is 2.